The fourth-order valence-electron chi connectivity index (χ4n) is 3.03. The highest BCUT2D eigenvalue weighted by Gasteiger charge is 2.22. The van der Waals surface area contributed by atoms with Gasteiger partial charge in [-0.05, 0) is 25.7 Å². The van der Waals surface area contributed by atoms with E-state index in [4.69, 9.17) is 9.97 Å². The number of aromatic nitrogens is 2. The standard InChI is InChI=1S/C18H22N4/c1-2-6-13(7-3-1)18-21-16(19-14-8-4-5-9-14)12-17(22-18)20-15-10-11-15/h1-3,6-7,12,14-15H,4-5,8-11H2,(H2,19,20,21,22). The summed E-state index contributed by atoms with van der Waals surface area (Å²) in [7, 11) is 0. The van der Waals surface area contributed by atoms with E-state index in [-0.39, 0.29) is 0 Å². The molecule has 1 aromatic heterocycles. The molecule has 0 bridgehead atoms. The van der Waals surface area contributed by atoms with E-state index in [0.717, 1.165) is 23.0 Å². The molecule has 0 saturated heterocycles. The van der Waals surface area contributed by atoms with Crippen LogP contribution in [0.3, 0.4) is 0 Å². The van der Waals surface area contributed by atoms with Gasteiger partial charge in [-0.2, -0.15) is 0 Å². The van der Waals surface area contributed by atoms with E-state index in [2.05, 4.69) is 28.8 Å². The molecule has 2 aliphatic rings. The first kappa shape index (κ1) is 13.6. The molecule has 0 radical (unpaired) electrons. The third kappa shape index (κ3) is 3.21. The zero-order valence-corrected chi connectivity index (χ0v) is 12.8. The summed E-state index contributed by atoms with van der Waals surface area (Å²) in [6, 6.07) is 13.4. The molecule has 2 aromatic rings. The maximum atomic E-state index is 4.73. The summed E-state index contributed by atoms with van der Waals surface area (Å²) < 4.78 is 0. The van der Waals surface area contributed by atoms with Gasteiger partial charge < -0.3 is 10.6 Å². The quantitative estimate of drug-likeness (QED) is 0.872. The summed E-state index contributed by atoms with van der Waals surface area (Å²) >= 11 is 0. The smallest absolute Gasteiger partial charge is 0.163 e. The van der Waals surface area contributed by atoms with Crippen LogP contribution >= 0.6 is 0 Å². The molecule has 2 saturated carbocycles. The van der Waals surface area contributed by atoms with Gasteiger partial charge >= 0.3 is 0 Å². The van der Waals surface area contributed by atoms with E-state index in [1.807, 2.05) is 18.2 Å². The van der Waals surface area contributed by atoms with Crippen LogP contribution in [0, 0.1) is 0 Å². The molecule has 0 spiro atoms. The monoisotopic (exact) mass is 294 g/mol. The van der Waals surface area contributed by atoms with E-state index in [1.165, 1.54) is 38.5 Å². The molecule has 0 amide bonds. The predicted molar refractivity (Wildman–Crippen MR) is 90.0 cm³/mol. The number of nitrogens with one attached hydrogen (secondary N) is 2. The summed E-state index contributed by atoms with van der Waals surface area (Å²) in [5.74, 6) is 2.69. The predicted octanol–water partition coefficient (Wildman–Crippen LogP) is 4.07. The molecule has 22 heavy (non-hydrogen) atoms. The highest BCUT2D eigenvalue weighted by atomic mass is 15.1. The second-order valence-electron chi connectivity index (χ2n) is 6.37. The minimum absolute atomic E-state index is 0.562. The molecule has 0 aliphatic heterocycles. The van der Waals surface area contributed by atoms with Gasteiger partial charge in [0.1, 0.15) is 11.6 Å². The van der Waals surface area contributed by atoms with Gasteiger partial charge in [0.05, 0.1) is 0 Å². The average molecular weight is 294 g/mol. The Morgan fingerprint density at radius 2 is 1.36 bits per heavy atom. The fourth-order valence-corrected chi connectivity index (χ4v) is 3.03. The molecule has 4 nitrogen and oxygen atoms in total. The van der Waals surface area contributed by atoms with Gasteiger partial charge in [0.25, 0.3) is 0 Å². The lowest BCUT2D eigenvalue weighted by molar-refractivity contribution is 0.750. The van der Waals surface area contributed by atoms with Crippen molar-refractivity contribution < 1.29 is 0 Å². The van der Waals surface area contributed by atoms with Crippen molar-refractivity contribution in [3.05, 3.63) is 36.4 Å². The highest BCUT2D eigenvalue weighted by molar-refractivity contribution is 5.61. The maximum Gasteiger partial charge on any atom is 0.163 e. The molecule has 4 heteroatoms. The zero-order valence-electron chi connectivity index (χ0n) is 12.8. The van der Waals surface area contributed by atoms with Crippen LogP contribution in [0.25, 0.3) is 11.4 Å². The number of hydrogen-bond acceptors (Lipinski definition) is 4. The Labute approximate surface area is 131 Å². The van der Waals surface area contributed by atoms with Crippen molar-refractivity contribution in [2.75, 3.05) is 10.6 Å². The molecule has 2 N–H and O–H groups in total. The molecule has 4 rings (SSSR count). The second-order valence-corrected chi connectivity index (χ2v) is 6.37. The summed E-state index contributed by atoms with van der Waals surface area (Å²) in [6.07, 6.45) is 7.63. The Hall–Kier alpha value is -2.10. The first-order chi connectivity index (χ1) is 10.9. The third-order valence-electron chi connectivity index (χ3n) is 4.39. The van der Waals surface area contributed by atoms with Gasteiger partial charge in [-0.3, -0.25) is 0 Å². The molecule has 2 aliphatic carbocycles. The number of hydrogen-bond donors (Lipinski definition) is 2. The SMILES string of the molecule is c1ccc(-c2nc(NC3CCCC3)cc(NC3CC3)n2)cc1. The maximum absolute atomic E-state index is 4.73. The zero-order chi connectivity index (χ0) is 14.8. The van der Waals surface area contributed by atoms with Crippen LogP contribution in [0.15, 0.2) is 36.4 Å². The van der Waals surface area contributed by atoms with Gasteiger partial charge in [-0.15, -0.1) is 0 Å². The highest BCUT2D eigenvalue weighted by Crippen LogP contribution is 2.28. The van der Waals surface area contributed by atoms with E-state index < -0.39 is 0 Å². The largest absolute Gasteiger partial charge is 0.367 e. The molecule has 2 fully saturated rings. The minimum Gasteiger partial charge on any atom is -0.367 e. The van der Waals surface area contributed by atoms with Crippen molar-refractivity contribution in [2.24, 2.45) is 0 Å². The molecule has 0 atom stereocenters. The summed E-state index contributed by atoms with van der Waals surface area (Å²) in [5, 5.41) is 7.09. The normalized spacial score (nSPS) is 18.4. The Kier molecular flexibility index (Phi) is 3.67. The van der Waals surface area contributed by atoms with Crippen molar-refractivity contribution >= 4 is 11.6 Å². The summed E-state index contributed by atoms with van der Waals surface area (Å²) in [6.45, 7) is 0. The summed E-state index contributed by atoms with van der Waals surface area (Å²) in [4.78, 5) is 9.43. The number of benzene rings is 1. The van der Waals surface area contributed by atoms with Crippen LogP contribution in [0.1, 0.15) is 38.5 Å². The second kappa shape index (κ2) is 5.95. The van der Waals surface area contributed by atoms with Crippen molar-refractivity contribution in [1.82, 2.24) is 9.97 Å². The summed E-state index contributed by atoms with van der Waals surface area (Å²) in [5.41, 5.74) is 1.07. The Bertz CT molecular complexity index is 631. The van der Waals surface area contributed by atoms with Gasteiger partial charge in [-0.1, -0.05) is 43.2 Å². The minimum atomic E-state index is 0.562. The molecule has 1 heterocycles. The Morgan fingerprint density at radius 1 is 0.773 bits per heavy atom. The lowest BCUT2D eigenvalue weighted by Gasteiger charge is -2.15. The van der Waals surface area contributed by atoms with Crippen molar-refractivity contribution in [3.63, 3.8) is 0 Å². The lowest BCUT2D eigenvalue weighted by atomic mass is 10.2. The van der Waals surface area contributed by atoms with Crippen LogP contribution in [0.5, 0.6) is 0 Å². The van der Waals surface area contributed by atoms with Crippen LogP contribution in [0.4, 0.5) is 11.6 Å². The third-order valence-corrected chi connectivity index (χ3v) is 4.39. The van der Waals surface area contributed by atoms with Crippen LogP contribution in [-0.2, 0) is 0 Å². The van der Waals surface area contributed by atoms with Crippen molar-refractivity contribution in [1.29, 1.82) is 0 Å². The van der Waals surface area contributed by atoms with Gasteiger partial charge in [0.2, 0.25) is 0 Å². The van der Waals surface area contributed by atoms with Crippen LogP contribution in [-0.4, -0.2) is 22.1 Å². The molecular weight excluding hydrogens is 272 g/mol. The average Bonchev–Trinajstić information content (AvgIpc) is 3.21. The van der Waals surface area contributed by atoms with E-state index >= 15 is 0 Å². The molecule has 1 aromatic carbocycles. The van der Waals surface area contributed by atoms with Gasteiger partial charge in [0.15, 0.2) is 5.82 Å². The first-order valence-electron chi connectivity index (χ1n) is 8.34. The molecule has 114 valence electrons. The lowest BCUT2D eigenvalue weighted by Crippen LogP contribution is -2.16. The number of nitrogens with zero attached hydrogens (tertiary/aromatic N) is 2. The fraction of sp³-hybridized carbons (Fsp3) is 0.444. The Morgan fingerprint density at radius 3 is 1.95 bits per heavy atom. The molecular formula is C18H22N4. The van der Waals surface area contributed by atoms with E-state index in [0.29, 0.717) is 12.1 Å². The number of anilines is 2. The first-order valence-corrected chi connectivity index (χ1v) is 8.34. The van der Waals surface area contributed by atoms with Gasteiger partial charge in [-0.25, -0.2) is 9.97 Å². The van der Waals surface area contributed by atoms with E-state index in [1.54, 1.807) is 0 Å². The van der Waals surface area contributed by atoms with Gasteiger partial charge in [0, 0.05) is 23.7 Å². The van der Waals surface area contributed by atoms with Crippen LogP contribution in [0.2, 0.25) is 0 Å². The van der Waals surface area contributed by atoms with Crippen molar-refractivity contribution in [2.45, 2.75) is 50.6 Å². The van der Waals surface area contributed by atoms with Crippen molar-refractivity contribution in [3.8, 4) is 11.4 Å². The van der Waals surface area contributed by atoms with E-state index in [9.17, 15) is 0 Å². The Balaban J connectivity index is 1.63. The number of rotatable bonds is 5. The topological polar surface area (TPSA) is 49.8 Å². The molecule has 0 unspecified atom stereocenters. The van der Waals surface area contributed by atoms with Crippen LogP contribution < -0.4 is 10.6 Å².